The molecule has 96 valence electrons. The Morgan fingerprint density at radius 1 is 1.22 bits per heavy atom. The summed E-state index contributed by atoms with van der Waals surface area (Å²) < 4.78 is 4.34. The molecule has 2 rings (SSSR count). The SMILES string of the molecule is CC(C)(C)c1nsc(NCc2ccc(O)cc2)n1. The Morgan fingerprint density at radius 3 is 2.44 bits per heavy atom. The van der Waals surface area contributed by atoms with E-state index in [2.05, 4.69) is 35.4 Å². The van der Waals surface area contributed by atoms with Crippen LogP contribution in [0.5, 0.6) is 5.75 Å². The molecule has 0 atom stereocenters. The second kappa shape index (κ2) is 4.94. The summed E-state index contributed by atoms with van der Waals surface area (Å²) in [6, 6.07) is 7.12. The van der Waals surface area contributed by atoms with Gasteiger partial charge in [-0.15, -0.1) is 0 Å². The number of aromatic nitrogens is 2. The molecule has 0 aliphatic carbocycles. The fourth-order valence-electron chi connectivity index (χ4n) is 1.39. The third-order valence-corrected chi connectivity index (χ3v) is 3.15. The van der Waals surface area contributed by atoms with Gasteiger partial charge in [0.1, 0.15) is 11.6 Å². The van der Waals surface area contributed by atoms with Crippen molar-refractivity contribution in [3.63, 3.8) is 0 Å². The molecule has 0 aliphatic rings. The van der Waals surface area contributed by atoms with E-state index < -0.39 is 0 Å². The van der Waals surface area contributed by atoms with E-state index in [9.17, 15) is 5.11 Å². The Hall–Kier alpha value is -1.62. The molecule has 0 spiro atoms. The van der Waals surface area contributed by atoms with Gasteiger partial charge in [0.2, 0.25) is 5.13 Å². The molecule has 1 aromatic carbocycles. The number of nitrogens with zero attached hydrogens (tertiary/aromatic N) is 2. The van der Waals surface area contributed by atoms with Crippen LogP contribution in [0.2, 0.25) is 0 Å². The zero-order valence-electron chi connectivity index (χ0n) is 10.8. The lowest BCUT2D eigenvalue weighted by molar-refractivity contribution is 0.475. The van der Waals surface area contributed by atoms with Crippen molar-refractivity contribution in [1.82, 2.24) is 9.36 Å². The summed E-state index contributed by atoms with van der Waals surface area (Å²) in [6.07, 6.45) is 0. The zero-order valence-corrected chi connectivity index (χ0v) is 11.6. The van der Waals surface area contributed by atoms with Crippen LogP contribution in [0.1, 0.15) is 32.2 Å². The minimum atomic E-state index is -0.0189. The van der Waals surface area contributed by atoms with Crippen molar-refractivity contribution in [3.8, 4) is 5.75 Å². The van der Waals surface area contributed by atoms with Gasteiger partial charge >= 0.3 is 0 Å². The fourth-order valence-corrected chi connectivity index (χ4v) is 2.14. The molecule has 0 amide bonds. The van der Waals surface area contributed by atoms with E-state index in [1.54, 1.807) is 12.1 Å². The standard InChI is InChI=1S/C13H17N3OS/c1-13(2,3)11-15-12(18-16-11)14-8-9-4-6-10(17)7-5-9/h4-7,17H,8H2,1-3H3,(H,14,15,16). The second-order valence-electron chi connectivity index (χ2n) is 5.19. The first-order chi connectivity index (χ1) is 8.45. The topological polar surface area (TPSA) is 58.0 Å². The monoisotopic (exact) mass is 263 g/mol. The van der Waals surface area contributed by atoms with Crippen LogP contribution in [0, 0.1) is 0 Å². The highest BCUT2D eigenvalue weighted by atomic mass is 32.1. The summed E-state index contributed by atoms with van der Waals surface area (Å²) in [6.45, 7) is 6.97. The van der Waals surface area contributed by atoms with E-state index in [0.717, 1.165) is 16.5 Å². The van der Waals surface area contributed by atoms with Crippen LogP contribution in [0.3, 0.4) is 0 Å². The summed E-state index contributed by atoms with van der Waals surface area (Å²) in [5, 5.41) is 13.3. The molecule has 0 unspecified atom stereocenters. The number of hydrogen-bond acceptors (Lipinski definition) is 5. The van der Waals surface area contributed by atoms with Crippen LogP contribution in [0.25, 0.3) is 0 Å². The maximum atomic E-state index is 9.19. The number of phenols is 1. The van der Waals surface area contributed by atoms with Crippen LogP contribution in [-0.4, -0.2) is 14.5 Å². The van der Waals surface area contributed by atoms with Gasteiger partial charge in [0.05, 0.1) is 0 Å². The Labute approximate surface area is 111 Å². The minimum Gasteiger partial charge on any atom is -0.508 e. The zero-order chi connectivity index (χ0) is 13.2. The Bertz CT molecular complexity index is 514. The molecule has 5 heteroatoms. The molecule has 1 heterocycles. The van der Waals surface area contributed by atoms with Crippen molar-refractivity contribution in [2.75, 3.05) is 5.32 Å². The highest BCUT2D eigenvalue weighted by Crippen LogP contribution is 2.23. The van der Waals surface area contributed by atoms with Crippen LogP contribution >= 0.6 is 11.5 Å². The number of aromatic hydroxyl groups is 1. The quantitative estimate of drug-likeness (QED) is 0.893. The second-order valence-corrected chi connectivity index (χ2v) is 5.94. The van der Waals surface area contributed by atoms with E-state index in [-0.39, 0.29) is 11.2 Å². The van der Waals surface area contributed by atoms with E-state index in [1.807, 2.05) is 12.1 Å². The van der Waals surface area contributed by atoms with Gasteiger partial charge < -0.3 is 10.4 Å². The summed E-state index contributed by atoms with van der Waals surface area (Å²) in [4.78, 5) is 4.46. The molecular formula is C13H17N3OS. The van der Waals surface area contributed by atoms with Gasteiger partial charge in [0.15, 0.2) is 0 Å². The van der Waals surface area contributed by atoms with Crippen molar-refractivity contribution >= 4 is 16.7 Å². The van der Waals surface area contributed by atoms with Gasteiger partial charge in [-0.25, -0.2) is 4.98 Å². The highest BCUT2D eigenvalue weighted by molar-refractivity contribution is 7.09. The average molecular weight is 263 g/mol. The normalized spacial score (nSPS) is 11.5. The predicted octanol–water partition coefficient (Wildman–Crippen LogP) is 3.15. The van der Waals surface area contributed by atoms with Crippen LogP contribution in [-0.2, 0) is 12.0 Å². The molecule has 4 nitrogen and oxygen atoms in total. The van der Waals surface area contributed by atoms with Gasteiger partial charge in [-0.1, -0.05) is 32.9 Å². The molecule has 1 aromatic heterocycles. The fraction of sp³-hybridized carbons (Fsp3) is 0.385. The molecule has 0 aliphatic heterocycles. The lowest BCUT2D eigenvalue weighted by Gasteiger charge is -2.12. The average Bonchev–Trinajstić information content (AvgIpc) is 2.77. The van der Waals surface area contributed by atoms with E-state index in [0.29, 0.717) is 6.54 Å². The molecule has 0 saturated carbocycles. The van der Waals surface area contributed by atoms with Crippen molar-refractivity contribution in [2.24, 2.45) is 0 Å². The molecule has 0 fully saturated rings. The van der Waals surface area contributed by atoms with Crippen molar-refractivity contribution in [2.45, 2.75) is 32.7 Å². The smallest absolute Gasteiger partial charge is 0.202 e. The summed E-state index contributed by atoms with van der Waals surface area (Å²) in [7, 11) is 0. The summed E-state index contributed by atoms with van der Waals surface area (Å²) in [5.41, 5.74) is 1.08. The maximum Gasteiger partial charge on any atom is 0.202 e. The molecule has 0 radical (unpaired) electrons. The number of anilines is 1. The lowest BCUT2D eigenvalue weighted by atomic mass is 9.96. The molecule has 0 saturated heterocycles. The van der Waals surface area contributed by atoms with Gasteiger partial charge in [-0.2, -0.15) is 4.37 Å². The van der Waals surface area contributed by atoms with Gasteiger partial charge in [0, 0.05) is 23.5 Å². The van der Waals surface area contributed by atoms with Crippen molar-refractivity contribution in [1.29, 1.82) is 0 Å². The van der Waals surface area contributed by atoms with Crippen molar-refractivity contribution < 1.29 is 5.11 Å². The van der Waals surface area contributed by atoms with Crippen LogP contribution in [0.15, 0.2) is 24.3 Å². The Kier molecular flexibility index (Phi) is 3.52. The third kappa shape index (κ3) is 3.20. The third-order valence-electron chi connectivity index (χ3n) is 2.48. The molecule has 2 N–H and O–H groups in total. The molecule has 2 aromatic rings. The molecule has 18 heavy (non-hydrogen) atoms. The van der Waals surface area contributed by atoms with E-state index >= 15 is 0 Å². The minimum absolute atomic E-state index is 0.0189. The molecular weight excluding hydrogens is 246 g/mol. The van der Waals surface area contributed by atoms with Crippen LogP contribution < -0.4 is 5.32 Å². The Balaban J connectivity index is 1.98. The number of benzene rings is 1. The van der Waals surface area contributed by atoms with E-state index in [1.165, 1.54) is 11.5 Å². The lowest BCUT2D eigenvalue weighted by Crippen LogP contribution is -2.13. The molecule has 0 bridgehead atoms. The van der Waals surface area contributed by atoms with Crippen LogP contribution in [0.4, 0.5) is 5.13 Å². The predicted molar refractivity (Wildman–Crippen MR) is 74.0 cm³/mol. The number of hydrogen-bond donors (Lipinski definition) is 2. The van der Waals surface area contributed by atoms with Gasteiger partial charge in [-0.3, -0.25) is 0 Å². The summed E-state index contributed by atoms with van der Waals surface area (Å²) >= 11 is 1.38. The highest BCUT2D eigenvalue weighted by Gasteiger charge is 2.19. The Morgan fingerprint density at radius 2 is 1.89 bits per heavy atom. The number of rotatable bonds is 3. The maximum absolute atomic E-state index is 9.19. The number of nitrogens with one attached hydrogen (secondary N) is 1. The summed E-state index contributed by atoms with van der Waals surface area (Å²) in [5.74, 6) is 1.14. The van der Waals surface area contributed by atoms with Crippen molar-refractivity contribution in [3.05, 3.63) is 35.7 Å². The van der Waals surface area contributed by atoms with Gasteiger partial charge in [0.25, 0.3) is 0 Å². The number of phenolic OH excluding ortho intramolecular Hbond substituents is 1. The van der Waals surface area contributed by atoms with Gasteiger partial charge in [-0.05, 0) is 17.7 Å². The first-order valence-electron chi connectivity index (χ1n) is 5.81. The first-order valence-corrected chi connectivity index (χ1v) is 6.58. The first kappa shape index (κ1) is 12.8. The largest absolute Gasteiger partial charge is 0.508 e. The van der Waals surface area contributed by atoms with E-state index in [4.69, 9.17) is 0 Å².